The van der Waals surface area contributed by atoms with Gasteiger partial charge in [-0.3, -0.25) is 4.79 Å². The maximum absolute atomic E-state index is 12.0. The zero-order chi connectivity index (χ0) is 14.5. The van der Waals surface area contributed by atoms with E-state index in [-0.39, 0.29) is 17.7 Å². The van der Waals surface area contributed by atoms with E-state index in [2.05, 4.69) is 5.32 Å². The Bertz CT molecular complexity index is 549. The molecule has 0 aliphatic carbocycles. The summed E-state index contributed by atoms with van der Waals surface area (Å²) in [7, 11) is 0. The van der Waals surface area contributed by atoms with E-state index in [4.69, 9.17) is 10.2 Å². The van der Waals surface area contributed by atoms with Crippen molar-refractivity contribution in [2.75, 3.05) is 0 Å². The molecule has 2 rings (SSSR count). The average Bonchev–Trinajstić information content (AvgIpc) is 2.95. The van der Waals surface area contributed by atoms with Crippen LogP contribution in [-0.4, -0.2) is 17.1 Å². The smallest absolute Gasteiger partial charge is 0.237 e. The first kappa shape index (κ1) is 14.1. The lowest BCUT2D eigenvalue weighted by Gasteiger charge is -2.16. The predicted octanol–water partition coefficient (Wildman–Crippen LogP) is 1.73. The molecular formula is C15H18N2O3. The molecule has 20 heavy (non-hydrogen) atoms. The zero-order valence-electron chi connectivity index (χ0n) is 11.2. The lowest BCUT2D eigenvalue weighted by atomic mass is 10.1. The summed E-state index contributed by atoms with van der Waals surface area (Å²) in [6.45, 7) is 1.84. The maximum Gasteiger partial charge on any atom is 0.237 e. The van der Waals surface area contributed by atoms with Gasteiger partial charge in [-0.25, -0.2) is 0 Å². The van der Waals surface area contributed by atoms with Gasteiger partial charge in [0.25, 0.3) is 0 Å². The Labute approximate surface area is 117 Å². The Kier molecular flexibility index (Phi) is 4.42. The number of hydrogen-bond donors (Lipinski definition) is 3. The van der Waals surface area contributed by atoms with E-state index in [0.717, 1.165) is 5.56 Å². The summed E-state index contributed by atoms with van der Waals surface area (Å²) in [5.41, 5.74) is 6.78. The van der Waals surface area contributed by atoms with Gasteiger partial charge in [-0.2, -0.15) is 0 Å². The van der Waals surface area contributed by atoms with Crippen molar-refractivity contribution in [1.82, 2.24) is 5.32 Å². The minimum Gasteiger partial charge on any atom is -0.508 e. The largest absolute Gasteiger partial charge is 0.508 e. The normalized spacial score (nSPS) is 13.7. The van der Waals surface area contributed by atoms with Crippen molar-refractivity contribution < 1.29 is 14.3 Å². The number of phenolic OH excluding ortho intramolecular Hbond substituents is 1. The average molecular weight is 274 g/mol. The number of amides is 1. The van der Waals surface area contributed by atoms with Crippen LogP contribution in [0.25, 0.3) is 0 Å². The van der Waals surface area contributed by atoms with Crippen molar-refractivity contribution in [3.8, 4) is 5.75 Å². The van der Waals surface area contributed by atoms with Gasteiger partial charge in [-0.05, 0) is 43.2 Å². The van der Waals surface area contributed by atoms with E-state index in [1.165, 1.54) is 0 Å². The quantitative estimate of drug-likeness (QED) is 0.774. The lowest BCUT2D eigenvalue weighted by molar-refractivity contribution is -0.123. The Morgan fingerprint density at radius 1 is 1.35 bits per heavy atom. The summed E-state index contributed by atoms with van der Waals surface area (Å²) in [6.07, 6.45) is 1.98. The summed E-state index contributed by atoms with van der Waals surface area (Å²) in [5.74, 6) is 0.648. The highest BCUT2D eigenvalue weighted by molar-refractivity contribution is 5.82. The summed E-state index contributed by atoms with van der Waals surface area (Å²) in [4.78, 5) is 12.0. The van der Waals surface area contributed by atoms with Gasteiger partial charge in [0.1, 0.15) is 11.5 Å². The van der Waals surface area contributed by atoms with Crippen molar-refractivity contribution in [3.63, 3.8) is 0 Å². The van der Waals surface area contributed by atoms with Crippen LogP contribution in [0.1, 0.15) is 24.3 Å². The van der Waals surface area contributed by atoms with Crippen LogP contribution in [0.5, 0.6) is 5.75 Å². The van der Waals surface area contributed by atoms with Crippen LogP contribution >= 0.6 is 0 Å². The third-order valence-corrected chi connectivity index (χ3v) is 3.06. The minimum atomic E-state index is -0.642. The number of nitrogens with two attached hydrogens (primary N) is 1. The molecule has 1 aromatic heterocycles. The standard InChI is InChI=1S/C15H18N2O3/c1-10(14-3-2-8-20-14)17-15(19)13(16)9-11-4-6-12(18)7-5-11/h2-8,10,13,18H,9,16H2,1H3,(H,17,19)/t10-,13-/m0/s1. The summed E-state index contributed by atoms with van der Waals surface area (Å²) < 4.78 is 5.22. The molecule has 0 saturated carbocycles. The van der Waals surface area contributed by atoms with E-state index >= 15 is 0 Å². The van der Waals surface area contributed by atoms with Crippen LogP contribution in [-0.2, 0) is 11.2 Å². The molecule has 0 aliphatic heterocycles. The molecule has 0 fully saturated rings. The predicted molar refractivity (Wildman–Crippen MR) is 75.1 cm³/mol. The van der Waals surface area contributed by atoms with Crippen LogP contribution in [0.4, 0.5) is 0 Å². The second-order valence-electron chi connectivity index (χ2n) is 4.72. The Morgan fingerprint density at radius 2 is 2.05 bits per heavy atom. The molecule has 2 atom stereocenters. The molecule has 0 aliphatic rings. The maximum atomic E-state index is 12.0. The van der Waals surface area contributed by atoms with Crippen molar-refractivity contribution in [2.45, 2.75) is 25.4 Å². The highest BCUT2D eigenvalue weighted by Gasteiger charge is 2.18. The second-order valence-corrected chi connectivity index (χ2v) is 4.72. The van der Waals surface area contributed by atoms with Crippen LogP contribution < -0.4 is 11.1 Å². The molecular weight excluding hydrogens is 256 g/mol. The van der Waals surface area contributed by atoms with E-state index in [1.54, 1.807) is 42.7 Å². The fourth-order valence-electron chi connectivity index (χ4n) is 1.91. The topological polar surface area (TPSA) is 88.5 Å². The number of phenols is 1. The number of rotatable bonds is 5. The molecule has 2 aromatic rings. The molecule has 4 N–H and O–H groups in total. The molecule has 0 unspecified atom stereocenters. The molecule has 1 amide bonds. The fourth-order valence-corrected chi connectivity index (χ4v) is 1.91. The molecule has 0 bridgehead atoms. The van der Waals surface area contributed by atoms with Gasteiger partial charge in [-0.1, -0.05) is 12.1 Å². The molecule has 5 heteroatoms. The van der Waals surface area contributed by atoms with Crippen molar-refractivity contribution >= 4 is 5.91 Å². The van der Waals surface area contributed by atoms with Gasteiger partial charge in [0.15, 0.2) is 0 Å². The van der Waals surface area contributed by atoms with Gasteiger partial charge < -0.3 is 20.6 Å². The minimum absolute atomic E-state index is 0.193. The van der Waals surface area contributed by atoms with Crippen LogP contribution in [0.2, 0.25) is 0 Å². The van der Waals surface area contributed by atoms with Crippen molar-refractivity contribution in [1.29, 1.82) is 0 Å². The van der Waals surface area contributed by atoms with E-state index < -0.39 is 6.04 Å². The highest BCUT2D eigenvalue weighted by Crippen LogP contribution is 2.13. The van der Waals surface area contributed by atoms with Gasteiger partial charge >= 0.3 is 0 Å². The first-order chi connectivity index (χ1) is 9.56. The SMILES string of the molecule is C[C@H](NC(=O)[C@@H](N)Cc1ccc(O)cc1)c1ccco1. The summed E-state index contributed by atoms with van der Waals surface area (Å²) in [5, 5.41) is 12.0. The van der Waals surface area contributed by atoms with E-state index in [1.807, 2.05) is 6.92 Å². The van der Waals surface area contributed by atoms with Crippen molar-refractivity contribution in [3.05, 3.63) is 54.0 Å². The number of carbonyl (C=O) groups is 1. The van der Waals surface area contributed by atoms with Crippen molar-refractivity contribution in [2.24, 2.45) is 5.73 Å². The monoisotopic (exact) mass is 274 g/mol. The number of furan rings is 1. The third-order valence-electron chi connectivity index (χ3n) is 3.06. The van der Waals surface area contributed by atoms with Gasteiger partial charge in [-0.15, -0.1) is 0 Å². The van der Waals surface area contributed by atoms with Crippen LogP contribution in [0, 0.1) is 0 Å². The number of aromatic hydroxyl groups is 1. The molecule has 0 radical (unpaired) electrons. The highest BCUT2D eigenvalue weighted by atomic mass is 16.3. The second kappa shape index (κ2) is 6.25. The zero-order valence-corrected chi connectivity index (χ0v) is 11.2. The van der Waals surface area contributed by atoms with Gasteiger partial charge in [0, 0.05) is 0 Å². The van der Waals surface area contributed by atoms with Gasteiger partial charge in [0.2, 0.25) is 5.91 Å². The summed E-state index contributed by atoms with van der Waals surface area (Å²) in [6, 6.07) is 9.36. The summed E-state index contributed by atoms with van der Waals surface area (Å²) >= 11 is 0. The first-order valence-electron chi connectivity index (χ1n) is 6.43. The molecule has 0 spiro atoms. The Morgan fingerprint density at radius 3 is 2.65 bits per heavy atom. The number of benzene rings is 1. The molecule has 1 heterocycles. The van der Waals surface area contributed by atoms with E-state index in [9.17, 15) is 9.90 Å². The van der Waals surface area contributed by atoms with Crippen LogP contribution in [0.15, 0.2) is 47.1 Å². The Balaban J connectivity index is 1.90. The first-order valence-corrected chi connectivity index (χ1v) is 6.43. The van der Waals surface area contributed by atoms with Crippen LogP contribution in [0.3, 0.4) is 0 Å². The van der Waals surface area contributed by atoms with E-state index in [0.29, 0.717) is 12.2 Å². The molecule has 106 valence electrons. The fraction of sp³-hybridized carbons (Fsp3) is 0.267. The number of hydrogen-bond acceptors (Lipinski definition) is 4. The number of nitrogens with one attached hydrogen (secondary N) is 1. The number of carbonyl (C=O) groups excluding carboxylic acids is 1. The lowest BCUT2D eigenvalue weighted by Crippen LogP contribution is -2.42. The molecule has 0 saturated heterocycles. The molecule has 1 aromatic carbocycles. The molecule has 5 nitrogen and oxygen atoms in total. The Hall–Kier alpha value is -2.27. The third kappa shape index (κ3) is 3.61. The van der Waals surface area contributed by atoms with Gasteiger partial charge in [0.05, 0.1) is 18.3 Å².